The molecular weight excluding hydrogens is 260 g/mol. The second-order valence-electron chi connectivity index (χ2n) is 6.43. The molecule has 21 heavy (non-hydrogen) atoms. The van der Waals surface area contributed by atoms with E-state index < -0.39 is 0 Å². The number of benzene rings is 1. The van der Waals surface area contributed by atoms with Crippen molar-refractivity contribution in [3.8, 4) is 0 Å². The van der Waals surface area contributed by atoms with Gasteiger partial charge < -0.3 is 10.6 Å². The lowest BCUT2D eigenvalue weighted by Crippen LogP contribution is -2.29. The summed E-state index contributed by atoms with van der Waals surface area (Å²) < 4.78 is 0. The lowest BCUT2D eigenvalue weighted by atomic mass is 9.87. The standard InChI is InChI=1S/C18H24N2O/c1-11-15(18(21)19-3)5-4-6-17(11)20-12(2)16-10-13-7-8-14(16)9-13/h4-8,12-14,16,20H,9-10H2,1-3H3,(H,19,21). The normalized spacial score (nSPS) is 27.7. The Bertz CT molecular complexity index is 579. The molecule has 2 aliphatic rings. The highest BCUT2D eigenvalue weighted by Crippen LogP contribution is 2.45. The molecule has 4 atom stereocenters. The number of allylic oxidation sites excluding steroid dienone is 2. The molecule has 0 aromatic heterocycles. The van der Waals surface area contributed by atoms with Crippen molar-refractivity contribution in [2.75, 3.05) is 12.4 Å². The maximum Gasteiger partial charge on any atom is 0.251 e. The smallest absolute Gasteiger partial charge is 0.251 e. The van der Waals surface area contributed by atoms with E-state index in [-0.39, 0.29) is 5.91 Å². The van der Waals surface area contributed by atoms with Crippen molar-refractivity contribution in [2.24, 2.45) is 17.8 Å². The summed E-state index contributed by atoms with van der Waals surface area (Å²) in [5.41, 5.74) is 2.86. The summed E-state index contributed by atoms with van der Waals surface area (Å²) >= 11 is 0. The van der Waals surface area contributed by atoms with Gasteiger partial charge in [-0.1, -0.05) is 18.2 Å². The van der Waals surface area contributed by atoms with Gasteiger partial charge in [0, 0.05) is 24.3 Å². The Hall–Kier alpha value is -1.77. The molecule has 1 fully saturated rings. The molecule has 112 valence electrons. The third kappa shape index (κ3) is 2.57. The second kappa shape index (κ2) is 5.55. The second-order valence-corrected chi connectivity index (χ2v) is 6.43. The van der Waals surface area contributed by atoms with Crippen LogP contribution in [0.4, 0.5) is 5.69 Å². The van der Waals surface area contributed by atoms with Crippen LogP contribution in [0.5, 0.6) is 0 Å². The molecule has 0 radical (unpaired) electrons. The van der Waals surface area contributed by atoms with E-state index in [2.05, 4.69) is 35.8 Å². The Balaban J connectivity index is 1.76. The Morgan fingerprint density at radius 2 is 2.10 bits per heavy atom. The minimum Gasteiger partial charge on any atom is -0.382 e. The molecule has 0 saturated heterocycles. The highest BCUT2D eigenvalue weighted by molar-refractivity contribution is 5.96. The van der Waals surface area contributed by atoms with E-state index in [0.29, 0.717) is 12.0 Å². The van der Waals surface area contributed by atoms with Gasteiger partial charge in [0.15, 0.2) is 0 Å². The zero-order chi connectivity index (χ0) is 15.0. The Morgan fingerprint density at radius 1 is 1.29 bits per heavy atom. The van der Waals surface area contributed by atoms with E-state index in [4.69, 9.17) is 0 Å². The molecule has 2 bridgehead atoms. The van der Waals surface area contributed by atoms with E-state index >= 15 is 0 Å². The van der Waals surface area contributed by atoms with Crippen LogP contribution in [0, 0.1) is 24.7 Å². The molecule has 3 nitrogen and oxygen atoms in total. The number of carbonyl (C=O) groups excluding carboxylic acids is 1. The molecule has 0 spiro atoms. The molecule has 2 N–H and O–H groups in total. The van der Waals surface area contributed by atoms with Crippen LogP contribution in [0.25, 0.3) is 0 Å². The fraction of sp³-hybridized carbons (Fsp3) is 0.500. The van der Waals surface area contributed by atoms with E-state index in [1.807, 2.05) is 19.1 Å². The molecule has 4 unspecified atom stereocenters. The summed E-state index contributed by atoms with van der Waals surface area (Å²) in [6.07, 6.45) is 7.40. The molecule has 1 amide bonds. The molecule has 0 aliphatic heterocycles. The first-order valence-electron chi connectivity index (χ1n) is 7.86. The molecule has 3 rings (SSSR count). The van der Waals surface area contributed by atoms with E-state index in [1.54, 1.807) is 7.05 Å². The fourth-order valence-corrected chi connectivity index (χ4v) is 3.92. The van der Waals surface area contributed by atoms with Crippen LogP contribution in [0.3, 0.4) is 0 Å². The quantitative estimate of drug-likeness (QED) is 0.832. The fourth-order valence-electron chi connectivity index (χ4n) is 3.92. The first kappa shape index (κ1) is 14.2. The van der Waals surface area contributed by atoms with E-state index in [9.17, 15) is 4.79 Å². The summed E-state index contributed by atoms with van der Waals surface area (Å²) in [6, 6.07) is 6.34. The summed E-state index contributed by atoms with van der Waals surface area (Å²) in [4.78, 5) is 11.9. The van der Waals surface area contributed by atoms with Crippen molar-refractivity contribution in [1.29, 1.82) is 0 Å². The van der Waals surface area contributed by atoms with E-state index in [0.717, 1.165) is 28.7 Å². The van der Waals surface area contributed by atoms with Crippen molar-refractivity contribution in [2.45, 2.75) is 32.7 Å². The van der Waals surface area contributed by atoms with Crippen molar-refractivity contribution in [1.82, 2.24) is 5.32 Å². The molecule has 1 aromatic rings. The largest absolute Gasteiger partial charge is 0.382 e. The number of hydrogen-bond donors (Lipinski definition) is 2. The minimum absolute atomic E-state index is 0.0216. The van der Waals surface area contributed by atoms with Gasteiger partial charge in [0.05, 0.1) is 0 Å². The van der Waals surface area contributed by atoms with Crippen LogP contribution in [-0.4, -0.2) is 19.0 Å². The highest BCUT2D eigenvalue weighted by atomic mass is 16.1. The van der Waals surface area contributed by atoms with Gasteiger partial charge in [0.25, 0.3) is 5.91 Å². The Kier molecular flexibility index (Phi) is 3.75. The monoisotopic (exact) mass is 284 g/mol. The molecular formula is C18H24N2O. The van der Waals surface area contributed by atoms with Crippen LogP contribution in [0.2, 0.25) is 0 Å². The number of amides is 1. The van der Waals surface area contributed by atoms with Gasteiger partial charge >= 0.3 is 0 Å². The van der Waals surface area contributed by atoms with Crippen LogP contribution in [-0.2, 0) is 0 Å². The van der Waals surface area contributed by atoms with Gasteiger partial charge in [-0.2, -0.15) is 0 Å². The molecule has 1 aromatic carbocycles. The molecule has 1 saturated carbocycles. The average Bonchev–Trinajstić information content (AvgIpc) is 3.11. The maximum absolute atomic E-state index is 11.9. The highest BCUT2D eigenvalue weighted by Gasteiger charge is 2.38. The summed E-state index contributed by atoms with van der Waals surface area (Å²) in [6.45, 7) is 4.28. The van der Waals surface area contributed by atoms with Crippen molar-refractivity contribution >= 4 is 11.6 Å². The summed E-state index contributed by atoms with van der Waals surface area (Å²) in [7, 11) is 1.67. The molecule has 0 heterocycles. The van der Waals surface area contributed by atoms with Crippen LogP contribution < -0.4 is 10.6 Å². The van der Waals surface area contributed by atoms with Crippen molar-refractivity contribution in [3.63, 3.8) is 0 Å². The predicted octanol–water partition coefficient (Wildman–Crippen LogP) is 3.37. The van der Waals surface area contributed by atoms with Crippen LogP contribution in [0.15, 0.2) is 30.4 Å². The number of nitrogens with one attached hydrogen (secondary N) is 2. The number of carbonyl (C=O) groups is 1. The van der Waals surface area contributed by atoms with Crippen LogP contribution in [0.1, 0.15) is 35.7 Å². The lowest BCUT2D eigenvalue weighted by molar-refractivity contribution is 0.0962. The molecule has 3 heteroatoms. The van der Waals surface area contributed by atoms with Gasteiger partial charge in [-0.15, -0.1) is 0 Å². The van der Waals surface area contributed by atoms with Gasteiger partial charge in [0.1, 0.15) is 0 Å². The zero-order valence-electron chi connectivity index (χ0n) is 13.0. The first-order valence-corrected chi connectivity index (χ1v) is 7.86. The third-order valence-corrected chi connectivity index (χ3v) is 5.16. The topological polar surface area (TPSA) is 41.1 Å². The number of anilines is 1. The molecule has 2 aliphatic carbocycles. The van der Waals surface area contributed by atoms with Crippen molar-refractivity contribution < 1.29 is 4.79 Å². The Morgan fingerprint density at radius 3 is 2.71 bits per heavy atom. The lowest BCUT2D eigenvalue weighted by Gasteiger charge is -2.28. The number of fused-ring (bicyclic) bond motifs is 2. The van der Waals surface area contributed by atoms with E-state index in [1.165, 1.54) is 12.8 Å². The number of hydrogen-bond acceptors (Lipinski definition) is 2. The van der Waals surface area contributed by atoms with Gasteiger partial charge in [-0.05, 0) is 62.1 Å². The summed E-state index contributed by atoms with van der Waals surface area (Å²) in [5.74, 6) is 2.22. The average molecular weight is 284 g/mol. The number of rotatable bonds is 4. The van der Waals surface area contributed by atoms with Gasteiger partial charge in [-0.3, -0.25) is 4.79 Å². The van der Waals surface area contributed by atoms with Gasteiger partial charge in [-0.25, -0.2) is 0 Å². The third-order valence-electron chi connectivity index (χ3n) is 5.16. The summed E-state index contributed by atoms with van der Waals surface area (Å²) in [5, 5.41) is 6.35. The first-order chi connectivity index (χ1) is 10.1. The van der Waals surface area contributed by atoms with Gasteiger partial charge in [0.2, 0.25) is 0 Å². The Labute approximate surface area is 126 Å². The predicted molar refractivity (Wildman–Crippen MR) is 86.5 cm³/mol. The zero-order valence-corrected chi connectivity index (χ0v) is 13.0. The SMILES string of the molecule is CNC(=O)c1cccc(NC(C)C2CC3C=CC2C3)c1C. The van der Waals surface area contributed by atoms with Crippen LogP contribution >= 0.6 is 0 Å². The minimum atomic E-state index is -0.0216. The maximum atomic E-state index is 11.9. The van der Waals surface area contributed by atoms with Crippen molar-refractivity contribution in [3.05, 3.63) is 41.5 Å².